The van der Waals surface area contributed by atoms with E-state index < -0.39 is 0 Å². The summed E-state index contributed by atoms with van der Waals surface area (Å²) in [5.74, 6) is 1.77. The number of amides is 1. The maximum atomic E-state index is 13.3. The summed E-state index contributed by atoms with van der Waals surface area (Å²) in [4.78, 5) is 26.7. The lowest BCUT2D eigenvalue weighted by molar-refractivity contribution is 0.0777. The molecular formula is C25H32N6O3. The molecule has 0 saturated carbocycles. The van der Waals surface area contributed by atoms with E-state index in [4.69, 9.17) is 14.5 Å². The molecule has 9 heteroatoms. The first-order valence-electron chi connectivity index (χ1n) is 11.6. The van der Waals surface area contributed by atoms with Crippen LogP contribution in [0.1, 0.15) is 36.3 Å². The van der Waals surface area contributed by atoms with Crippen molar-refractivity contribution in [3.63, 3.8) is 0 Å². The Hall–Kier alpha value is -3.46. The molecule has 2 aromatic heterocycles. The molecule has 9 nitrogen and oxygen atoms in total. The zero-order chi connectivity index (χ0) is 24.2. The Labute approximate surface area is 200 Å². The summed E-state index contributed by atoms with van der Waals surface area (Å²) in [5, 5.41) is 4.45. The number of likely N-dealkylation sites (N-methyl/N-ethyl adjacent to an activating group) is 1. The molecule has 0 spiro atoms. The third kappa shape index (κ3) is 4.48. The number of hydrogen-bond donors (Lipinski definition) is 0. The van der Waals surface area contributed by atoms with E-state index in [2.05, 4.69) is 28.8 Å². The topological polar surface area (TPSA) is 85.6 Å². The monoisotopic (exact) mass is 464 g/mol. The van der Waals surface area contributed by atoms with E-state index in [9.17, 15) is 4.79 Å². The van der Waals surface area contributed by atoms with Gasteiger partial charge in [0, 0.05) is 30.9 Å². The molecule has 1 amide bonds. The van der Waals surface area contributed by atoms with Crippen molar-refractivity contribution < 1.29 is 14.3 Å². The van der Waals surface area contributed by atoms with E-state index in [0.717, 1.165) is 38.2 Å². The number of rotatable bonds is 8. The van der Waals surface area contributed by atoms with Gasteiger partial charge in [0.1, 0.15) is 11.5 Å². The van der Waals surface area contributed by atoms with Gasteiger partial charge in [-0.3, -0.25) is 9.69 Å². The van der Waals surface area contributed by atoms with Gasteiger partial charge in [0.05, 0.1) is 37.4 Å². The second-order valence-electron chi connectivity index (χ2n) is 8.28. The molecule has 0 unspecified atom stereocenters. The van der Waals surface area contributed by atoms with Crippen LogP contribution in [0, 0.1) is 6.92 Å². The number of hydrogen-bond acceptors (Lipinski definition) is 7. The van der Waals surface area contributed by atoms with Crippen LogP contribution in [0.5, 0.6) is 11.5 Å². The first kappa shape index (κ1) is 23.7. The zero-order valence-corrected chi connectivity index (χ0v) is 20.5. The molecule has 0 N–H and O–H groups in total. The summed E-state index contributed by atoms with van der Waals surface area (Å²) >= 11 is 0. The van der Waals surface area contributed by atoms with E-state index in [0.29, 0.717) is 40.4 Å². The third-order valence-electron chi connectivity index (χ3n) is 6.53. The normalized spacial score (nSPS) is 15.7. The SMILES string of the molecule is CCN(CC)[C@H]1CCN(C(=O)c2cnn(-c3nccc(-c4cc(OC)ccc4OC)n3)c2C)C1. The molecule has 1 saturated heterocycles. The van der Waals surface area contributed by atoms with Gasteiger partial charge in [-0.1, -0.05) is 13.8 Å². The average molecular weight is 465 g/mol. The molecule has 3 aromatic rings. The predicted molar refractivity (Wildman–Crippen MR) is 130 cm³/mol. The molecule has 180 valence electrons. The fourth-order valence-corrected chi connectivity index (χ4v) is 4.57. The van der Waals surface area contributed by atoms with E-state index in [1.54, 1.807) is 31.3 Å². The lowest BCUT2D eigenvalue weighted by Crippen LogP contribution is -2.38. The second kappa shape index (κ2) is 10.2. The smallest absolute Gasteiger partial charge is 0.257 e. The summed E-state index contributed by atoms with van der Waals surface area (Å²) in [7, 11) is 3.24. The van der Waals surface area contributed by atoms with E-state index >= 15 is 0 Å². The minimum absolute atomic E-state index is 0.00373. The Morgan fingerprint density at radius 3 is 2.68 bits per heavy atom. The highest BCUT2D eigenvalue weighted by Crippen LogP contribution is 2.32. The quantitative estimate of drug-likeness (QED) is 0.506. The zero-order valence-electron chi connectivity index (χ0n) is 20.5. The molecule has 1 atom stereocenters. The van der Waals surface area contributed by atoms with E-state index in [1.807, 2.05) is 36.1 Å². The van der Waals surface area contributed by atoms with Gasteiger partial charge >= 0.3 is 0 Å². The highest BCUT2D eigenvalue weighted by atomic mass is 16.5. The van der Waals surface area contributed by atoms with Gasteiger partial charge in [0.25, 0.3) is 11.9 Å². The lowest BCUT2D eigenvalue weighted by Gasteiger charge is -2.26. The Balaban J connectivity index is 1.60. The number of carbonyl (C=O) groups is 1. The van der Waals surface area contributed by atoms with Crippen LogP contribution in [0.4, 0.5) is 0 Å². The molecule has 0 bridgehead atoms. The van der Waals surface area contributed by atoms with Crippen LogP contribution in [-0.2, 0) is 0 Å². The van der Waals surface area contributed by atoms with Gasteiger partial charge in [-0.25, -0.2) is 14.6 Å². The van der Waals surface area contributed by atoms with Crippen molar-refractivity contribution in [2.75, 3.05) is 40.4 Å². The Kier molecular flexibility index (Phi) is 7.12. The number of likely N-dealkylation sites (tertiary alicyclic amines) is 1. The second-order valence-corrected chi connectivity index (χ2v) is 8.28. The van der Waals surface area contributed by atoms with Crippen molar-refractivity contribution in [1.82, 2.24) is 29.5 Å². The molecule has 0 radical (unpaired) electrons. The van der Waals surface area contributed by atoms with Gasteiger partial charge in [-0.2, -0.15) is 5.10 Å². The highest BCUT2D eigenvalue weighted by Gasteiger charge is 2.31. The third-order valence-corrected chi connectivity index (χ3v) is 6.53. The number of methoxy groups -OCH3 is 2. The minimum atomic E-state index is 0.00373. The van der Waals surface area contributed by atoms with Crippen LogP contribution >= 0.6 is 0 Å². The molecular weight excluding hydrogens is 432 g/mol. The highest BCUT2D eigenvalue weighted by molar-refractivity contribution is 5.95. The lowest BCUT2D eigenvalue weighted by atomic mass is 10.1. The predicted octanol–water partition coefficient (Wildman–Crippen LogP) is 3.21. The van der Waals surface area contributed by atoms with Gasteiger partial charge in [0.2, 0.25) is 0 Å². The number of aromatic nitrogens is 4. The fourth-order valence-electron chi connectivity index (χ4n) is 4.57. The van der Waals surface area contributed by atoms with Gasteiger partial charge in [0.15, 0.2) is 0 Å². The molecule has 1 fully saturated rings. The van der Waals surface area contributed by atoms with Crippen LogP contribution in [0.15, 0.2) is 36.7 Å². The van der Waals surface area contributed by atoms with Crippen molar-refractivity contribution >= 4 is 5.91 Å². The number of carbonyl (C=O) groups excluding carboxylic acids is 1. The first-order chi connectivity index (χ1) is 16.5. The largest absolute Gasteiger partial charge is 0.497 e. The maximum Gasteiger partial charge on any atom is 0.257 e. The van der Waals surface area contributed by atoms with Crippen LogP contribution in [0.2, 0.25) is 0 Å². The van der Waals surface area contributed by atoms with Crippen molar-refractivity contribution in [2.24, 2.45) is 0 Å². The molecule has 1 aliphatic heterocycles. The standard InChI is InChI=1S/C25H32N6O3/c1-6-29(7-2)18-11-13-30(16-18)24(32)21-15-27-31(17(21)3)25-26-12-10-22(28-25)20-14-19(33-4)8-9-23(20)34-5/h8-10,12,14-15,18H,6-7,11,13,16H2,1-5H3/t18-/m0/s1. The minimum Gasteiger partial charge on any atom is -0.497 e. The number of benzene rings is 1. The molecule has 4 rings (SSSR count). The first-order valence-corrected chi connectivity index (χ1v) is 11.6. The van der Waals surface area contributed by atoms with Crippen LogP contribution in [-0.4, -0.2) is 81.9 Å². The molecule has 0 aliphatic carbocycles. The fraction of sp³-hybridized carbons (Fsp3) is 0.440. The molecule has 3 heterocycles. The van der Waals surface area contributed by atoms with Crippen LogP contribution in [0.25, 0.3) is 17.2 Å². The summed E-state index contributed by atoms with van der Waals surface area (Å²) in [6, 6.07) is 7.77. The van der Waals surface area contributed by atoms with Crippen molar-refractivity contribution in [3.05, 3.63) is 47.9 Å². The van der Waals surface area contributed by atoms with Crippen molar-refractivity contribution in [2.45, 2.75) is 33.2 Å². The molecule has 1 aliphatic rings. The average Bonchev–Trinajstić information content (AvgIpc) is 3.51. The Morgan fingerprint density at radius 2 is 1.97 bits per heavy atom. The number of ether oxygens (including phenoxy) is 2. The van der Waals surface area contributed by atoms with Crippen LogP contribution in [0.3, 0.4) is 0 Å². The molecule has 1 aromatic carbocycles. The van der Waals surface area contributed by atoms with Crippen LogP contribution < -0.4 is 9.47 Å². The van der Waals surface area contributed by atoms with Crippen molar-refractivity contribution in [3.8, 4) is 28.7 Å². The summed E-state index contributed by atoms with van der Waals surface area (Å²) in [6.45, 7) is 9.69. The molecule has 34 heavy (non-hydrogen) atoms. The summed E-state index contributed by atoms with van der Waals surface area (Å²) in [6.07, 6.45) is 4.28. The Bertz CT molecular complexity index is 1160. The maximum absolute atomic E-state index is 13.3. The summed E-state index contributed by atoms with van der Waals surface area (Å²) < 4.78 is 12.5. The van der Waals surface area contributed by atoms with Crippen molar-refractivity contribution in [1.29, 1.82) is 0 Å². The van der Waals surface area contributed by atoms with Gasteiger partial charge < -0.3 is 14.4 Å². The summed E-state index contributed by atoms with van der Waals surface area (Å²) in [5.41, 5.74) is 2.75. The Morgan fingerprint density at radius 1 is 1.18 bits per heavy atom. The van der Waals surface area contributed by atoms with E-state index in [1.165, 1.54) is 0 Å². The van der Waals surface area contributed by atoms with Gasteiger partial charge in [-0.05, 0) is 50.7 Å². The van der Waals surface area contributed by atoms with E-state index in [-0.39, 0.29) is 5.91 Å². The van der Waals surface area contributed by atoms with Gasteiger partial charge in [-0.15, -0.1) is 0 Å². The number of nitrogens with zero attached hydrogens (tertiary/aromatic N) is 6.